The molecule has 0 spiro atoms. The van der Waals surface area contributed by atoms with Crippen LogP contribution in [0.25, 0.3) is 0 Å². The molecule has 0 aliphatic carbocycles. The van der Waals surface area contributed by atoms with Crippen molar-refractivity contribution in [2.24, 2.45) is 0 Å². The molecule has 1 rings (SSSR count). The number of carbonyl (C=O) groups is 1. The number of ether oxygens (including phenoxy) is 1. The maximum Gasteiger partial charge on any atom is 0.407 e. The monoisotopic (exact) mass is 320 g/mol. The number of alkyl carbamates (subject to hydrolysis) is 1. The molecular weight excluding hydrogens is 298 g/mol. The van der Waals surface area contributed by atoms with Gasteiger partial charge in [0.2, 0.25) is 0 Å². The molecule has 0 atom stereocenters. The molecule has 1 heterocycles. The van der Waals surface area contributed by atoms with Crippen molar-refractivity contribution in [1.29, 1.82) is 0 Å². The molecule has 1 aromatic rings. The fourth-order valence-electron chi connectivity index (χ4n) is 1.55. The van der Waals surface area contributed by atoms with Gasteiger partial charge in [0.1, 0.15) is 23.7 Å². The van der Waals surface area contributed by atoms with Gasteiger partial charge in [-0.3, -0.25) is 0 Å². The van der Waals surface area contributed by atoms with Crippen LogP contribution in [0.15, 0.2) is 16.5 Å². The SMILES string of the molecule is CC(C)(C)OC(=O)NCC(F)(F)CNCc1ccc(CO)o1. The van der Waals surface area contributed by atoms with Crippen molar-refractivity contribution in [3.63, 3.8) is 0 Å². The van der Waals surface area contributed by atoms with E-state index in [1.165, 1.54) is 0 Å². The first-order chi connectivity index (χ1) is 10.1. The summed E-state index contributed by atoms with van der Waals surface area (Å²) in [6, 6.07) is 3.16. The molecular formula is C14H22F2N2O4. The maximum absolute atomic E-state index is 13.6. The van der Waals surface area contributed by atoms with E-state index in [9.17, 15) is 13.6 Å². The van der Waals surface area contributed by atoms with Gasteiger partial charge in [-0.2, -0.15) is 0 Å². The summed E-state index contributed by atoms with van der Waals surface area (Å²) in [5, 5.41) is 13.4. The quantitative estimate of drug-likeness (QED) is 0.716. The normalized spacial score (nSPS) is 12.3. The predicted octanol–water partition coefficient (Wildman–Crippen LogP) is 2.02. The zero-order chi connectivity index (χ0) is 16.8. The second kappa shape index (κ2) is 7.55. The molecule has 0 unspecified atom stereocenters. The van der Waals surface area contributed by atoms with Crippen LogP contribution in [0.5, 0.6) is 0 Å². The Kier molecular flexibility index (Phi) is 6.31. The van der Waals surface area contributed by atoms with Gasteiger partial charge >= 0.3 is 6.09 Å². The van der Waals surface area contributed by atoms with Crippen LogP contribution in [0.1, 0.15) is 32.3 Å². The molecule has 0 bridgehead atoms. The molecule has 0 aliphatic heterocycles. The molecule has 0 saturated heterocycles. The summed E-state index contributed by atoms with van der Waals surface area (Å²) in [5.74, 6) is -2.31. The summed E-state index contributed by atoms with van der Waals surface area (Å²) in [4.78, 5) is 11.3. The van der Waals surface area contributed by atoms with Gasteiger partial charge in [-0.1, -0.05) is 0 Å². The van der Waals surface area contributed by atoms with Crippen LogP contribution in [0, 0.1) is 0 Å². The number of aliphatic hydroxyl groups excluding tert-OH is 1. The number of hydrogen-bond donors (Lipinski definition) is 3. The minimum absolute atomic E-state index is 0.0992. The highest BCUT2D eigenvalue weighted by Crippen LogP contribution is 2.13. The zero-order valence-corrected chi connectivity index (χ0v) is 12.9. The third-order valence-electron chi connectivity index (χ3n) is 2.45. The maximum atomic E-state index is 13.6. The molecule has 126 valence electrons. The number of carbonyl (C=O) groups excluding carboxylic acids is 1. The smallest absolute Gasteiger partial charge is 0.407 e. The molecule has 1 amide bonds. The van der Waals surface area contributed by atoms with Gasteiger partial charge in [0.15, 0.2) is 0 Å². The lowest BCUT2D eigenvalue weighted by Crippen LogP contribution is -2.44. The van der Waals surface area contributed by atoms with E-state index in [0.717, 1.165) is 0 Å². The number of nitrogens with one attached hydrogen (secondary N) is 2. The second-order valence-electron chi connectivity index (χ2n) is 5.84. The number of halogens is 2. The lowest BCUT2D eigenvalue weighted by atomic mass is 10.2. The van der Waals surface area contributed by atoms with E-state index in [1.54, 1.807) is 32.9 Å². The van der Waals surface area contributed by atoms with E-state index in [2.05, 4.69) is 5.32 Å². The Morgan fingerprint density at radius 2 is 1.91 bits per heavy atom. The van der Waals surface area contributed by atoms with Crippen molar-refractivity contribution >= 4 is 6.09 Å². The summed E-state index contributed by atoms with van der Waals surface area (Å²) >= 11 is 0. The second-order valence-corrected chi connectivity index (χ2v) is 5.84. The minimum atomic E-state index is -3.12. The van der Waals surface area contributed by atoms with Crippen molar-refractivity contribution in [3.05, 3.63) is 23.7 Å². The van der Waals surface area contributed by atoms with Crippen LogP contribution in [-0.2, 0) is 17.9 Å². The molecule has 0 saturated carbocycles. The van der Waals surface area contributed by atoms with Crippen molar-refractivity contribution in [2.45, 2.75) is 45.4 Å². The highest BCUT2D eigenvalue weighted by Gasteiger charge is 2.30. The van der Waals surface area contributed by atoms with Crippen LogP contribution in [0.4, 0.5) is 13.6 Å². The number of hydrogen-bond acceptors (Lipinski definition) is 5. The van der Waals surface area contributed by atoms with Gasteiger partial charge in [-0.15, -0.1) is 0 Å². The third kappa shape index (κ3) is 7.37. The standard InChI is InChI=1S/C14H22F2N2O4/c1-13(2,3)22-12(20)18-9-14(15,16)8-17-6-10-4-5-11(7-19)21-10/h4-5,17,19H,6-9H2,1-3H3,(H,18,20). The number of amides is 1. The van der Waals surface area contributed by atoms with E-state index < -0.39 is 30.7 Å². The first-order valence-electron chi connectivity index (χ1n) is 6.85. The zero-order valence-electron chi connectivity index (χ0n) is 12.9. The van der Waals surface area contributed by atoms with Crippen LogP contribution >= 0.6 is 0 Å². The molecule has 3 N–H and O–H groups in total. The number of alkyl halides is 2. The first-order valence-corrected chi connectivity index (χ1v) is 6.85. The first kappa shape index (κ1) is 18.4. The van der Waals surface area contributed by atoms with Crippen LogP contribution in [0.2, 0.25) is 0 Å². The Bertz CT molecular complexity index is 483. The Morgan fingerprint density at radius 1 is 1.27 bits per heavy atom. The van der Waals surface area contributed by atoms with E-state index in [0.29, 0.717) is 11.5 Å². The minimum Gasteiger partial charge on any atom is -0.462 e. The van der Waals surface area contributed by atoms with E-state index in [-0.39, 0.29) is 13.2 Å². The Labute approximate surface area is 127 Å². The van der Waals surface area contributed by atoms with E-state index in [1.807, 2.05) is 5.32 Å². The van der Waals surface area contributed by atoms with Gasteiger partial charge in [-0.05, 0) is 32.9 Å². The fraction of sp³-hybridized carbons (Fsp3) is 0.643. The third-order valence-corrected chi connectivity index (χ3v) is 2.45. The lowest BCUT2D eigenvalue weighted by Gasteiger charge is -2.22. The Balaban J connectivity index is 2.29. The van der Waals surface area contributed by atoms with Crippen LogP contribution < -0.4 is 10.6 Å². The Hall–Kier alpha value is -1.67. The number of aliphatic hydroxyl groups is 1. The van der Waals surface area contributed by atoms with Crippen LogP contribution in [-0.4, -0.2) is 35.8 Å². The van der Waals surface area contributed by atoms with Gasteiger partial charge in [0, 0.05) is 0 Å². The topological polar surface area (TPSA) is 83.7 Å². The van der Waals surface area contributed by atoms with Crippen LogP contribution in [0.3, 0.4) is 0 Å². The fourth-order valence-corrected chi connectivity index (χ4v) is 1.55. The largest absolute Gasteiger partial charge is 0.462 e. The Morgan fingerprint density at radius 3 is 2.45 bits per heavy atom. The van der Waals surface area contributed by atoms with Crippen molar-refractivity contribution in [3.8, 4) is 0 Å². The predicted molar refractivity (Wildman–Crippen MR) is 75.5 cm³/mol. The van der Waals surface area contributed by atoms with Gasteiger partial charge in [0.05, 0.1) is 19.6 Å². The molecule has 0 aromatic carbocycles. The van der Waals surface area contributed by atoms with E-state index in [4.69, 9.17) is 14.3 Å². The molecule has 1 aromatic heterocycles. The molecule has 8 heteroatoms. The summed E-state index contributed by atoms with van der Waals surface area (Å²) in [5.41, 5.74) is -0.735. The molecule has 22 heavy (non-hydrogen) atoms. The van der Waals surface area contributed by atoms with Gasteiger partial charge < -0.3 is 24.9 Å². The molecule has 0 aliphatic rings. The highest BCUT2D eigenvalue weighted by molar-refractivity contribution is 5.67. The molecule has 0 fully saturated rings. The number of furan rings is 1. The van der Waals surface area contributed by atoms with Crippen molar-refractivity contribution in [1.82, 2.24) is 10.6 Å². The molecule has 6 nitrogen and oxygen atoms in total. The average Bonchev–Trinajstić information content (AvgIpc) is 2.82. The summed E-state index contributed by atoms with van der Waals surface area (Å²) in [7, 11) is 0. The van der Waals surface area contributed by atoms with Crippen molar-refractivity contribution in [2.75, 3.05) is 13.1 Å². The van der Waals surface area contributed by atoms with Gasteiger partial charge in [-0.25, -0.2) is 13.6 Å². The van der Waals surface area contributed by atoms with Crippen molar-refractivity contribution < 1.29 is 27.8 Å². The lowest BCUT2D eigenvalue weighted by molar-refractivity contribution is -0.00405. The average molecular weight is 320 g/mol. The highest BCUT2D eigenvalue weighted by atomic mass is 19.3. The number of rotatable bonds is 7. The summed E-state index contributed by atoms with van der Waals surface area (Å²) in [6.45, 7) is 3.35. The molecule has 0 radical (unpaired) electrons. The van der Waals surface area contributed by atoms with E-state index >= 15 is 0 Å². The van der Waals surface area contributed by atoms with Gasteiger partial charge in [0.25, 0.3) is 5.92 Å². The summed E-state index contributed by atoms with van der Waals surface area (Å²) in [6.07, 6.45) is -0.884. The summed E-state index contributed by atoms with van der Waals surface area (Å²) < 4.78 is 37.2.